The Morgan fingerprint density at radius 1 is 1.00 bits per heavy atom. The number of methoxy groups -OCH3 is 1. The summed E-state index contributed by atoms with van der Waals surface area (Å²) in [7, 11) is 1.67. The maximum Gasteiger partial charge on any atom is 0.257 e. The zero-order chi connectivity index (χ0) is 19.9. The highest BCUT2D eigenvalue weighted by Gasteiger charge is 2.09. The van der Waals surface area contributed by atoms with Crippen LogP contribution in [0.2, 0.25) is 0 Å². The quantitative estimate of drug-likeness (QED) is 0.633. The van der Waals surface area contributed by atoms with E-state index in [0.717, 1.165) is 34.7 Å². The van der Waals surface area contributed by atoms with Crippen LogP contribution in [0.1, 0.15) is 27.0 Å². The van der Waals surface area contributed by atoms with Gasteiger partial charge >= 0.3 is 0 Å². The standard InChI is InChI=1S/C23H25N3O2/c1-16-8-9-20(12-17(16)2)26-23(27)19-13-21(15-24-14-19)25-11-10-18-6-4-5-7-22(18)28-3/h4-9,12-15,25H,10-11H2,1-3H3,(H,26,27). The average molecular weight is 375 g/mol. The summed E-state index contributed by atoms with van der Waals surface area (Å²) in [5.41, 5.74) is 5.57. The second-order valence-corrected chi connectivity index (χ2v) is 6.70. The van der Waals surface area contributed by atoms with Gasteiger partial charge in [0.05, 0.1) is 18.4 Å². The normalized spacial score (nSPS) is 10.4. The molecular weight excluding hydrogens is 350 g/mol. The average Bonchev–Trinajstić information content (AvgIpc) is 2.71. The van der Waals surface area contributed by atoms with E-state index >= 15 is 0 Å². The second kappa shape index (κ2) is 9.04. The molecule has 0 saturated carbocycles. The minimum absolute atomic E-state index is 0.177. The fraction of sp³-hybridized carbons (Fsp3) is 0.217. The molecule has 2 aromatic carbocycles. The molecule has 3 rings (SSSR count). The van der Waals surface area contributed by atoms with E-state index in [0.29, 0.717) is 12.1 Å². The molecule has 1 aromatic heterocycles. The van der Waals surface area contributed by atoms with Crippen LogP contribution in [0.25, 0.3) is 0 Å². The Morgan fingerprint density at radius 3 is 2.61 bits per heavy atom. The molecule has 0 aliphatic rings. The van der Waals surface area contributed by atoms with Crippen LogP contribution >= 0.6 is 0 Å². The van der Waals surface area contributed by atoms with Gasteiger partial charge < -0.3 is 15.4 Å². The van der Waals surface area contributed by atoms with Crippen molar-refractivity contribution in [3.8, 4) is 5.75 Å². The third-order valence-corrected chi connectivity index (χ3v) is 4.68. The number of nitrogens with zero attached hydrogens (tertiary/aromatic N) is 1. The van der Waals surface area contributed by atoms with E-state index in [2.05, 4.69) is 15.6 Å². The monoisotopic (exact) mass is 375 g/mol. The summed E-state index contributed by atoms with van der Waals surface area (Å²) in [4.78, 5) is 16.7. The van der Waals surface area contributed by atoms with E-state index < -0.39 is 0 Å². The van der Waals surface area contributed by atoms with Crippen LogP contribution in [-0.2, 0) is 6.42 Å². The van der Waals surface area contributed by atoms with Crippen molar-refractivity contribution < 1.29 is 9.53 Å². The molecule has 0 saturated heterocycles. The Kier molecular flexibility index (Phi) is 6.27. The summed E-state index contributed by atoms with van der Waals surface area (Å²) in [6.07, 6.45) is 4.10. The predicted octanol–water partition coefficient (Wildman–Crippen LogP) is 4.61. The van der Waals surface area contributed by atoms with Gasteiger partial charge in [0.25, 0.3) is 5.91 Å². The van der Waals surface area contributed by atoms with Crippen LogP contribution in [0.15, 0.2) is 60.9 Å². The number of hydrogen-bond acceptors (Lipinski definition) is 4. The molecule has 1 heterocycles. The number of anilines is 2. The highest BCUT2D eigenvalue weighted by atomic mass is 16.5. The van der Waals surface area contributed by atoms with Gasteiger partial charge in [-0.3, -0.25) is 9.78 Å². The molecule has 5 heteroatoms. The number of benzene rings is 2. The number of carbonyl (C=O) groups is 1. The zero-order valence-corrected chi connectivity index (χ0v) is 16.5. The number of aromatic nitrogens is 1. The third-order valence-electron chi connectivity index (χ3n) is 4.68. The molecule has 0 aliphatic heterocycles. The molecule has 1 amide bonds. The summed E-state index contributed by atoms with van der Waals surface area (Å²) >= 11 is 0. The van der Waals surface area contributed by atoms with E-state index in [1.807, 2.05) is 62.4 Å². The van der Waals surface area contributed by atoms with Crippen molar-refractivity contribution in [3.63, 3.8) is 0 Å². The van der Waals surface area contributed by atoms with Crippen molar-refractivity contribution in [2.24, 2.45) is 0 Å². The number of para-hydroxylation sites is 1. The van der Waals surface area contributed by atoms with E-state index in [1.54, 1.807) is 19.5 Å². The van der Waals surface area contributed by atoms with Crippen molar-refractivity contribution in [2.45, 2.75) is 20.3 Å². The smallest absolute Gasteiger partial charge is 0.257 e. The van der Waals surface area contributed by atoms with Crippen LogP contribution in [0, 0.1) is 13.8 Å². The number of pyridine rings is 1. The molecule has 3 aromatic rings. The van der Waals surface area contributed by atoms with Crippen LogP contribution in [-0.4, -0.2) is 24.5 Å². The maximum absolute atomic E-state index is 12.5. The number of carbonyl (C=O) groups excluding carboxylic acids is 1. The minimum Gasteiger partial charge on any atom is -0.496 e. The highest BCUT2D eigenvalue weighted by Crippen LogP contribution is 2.19. The first-order chi connectivity index (χ1) is 13.6. The van der Waals surface area contributed by atoms with Gasteiger partial charge in [-0.05, 0) is 61.2 Å². The fourth-order valence-corrected chi connectivity index (χ4v) is 2.93. The third kappa shape index (κ3) is 4.88. The van der Waals surface area contributed by atoms with Gasteiger partial charge in [0.1, 0.15) is 5.75 Å². The van der Waals surface area contributed by atoms with Crippen LogP contribution < -0.4 is 15.4 Å². The Balaban J connectivity index is 1.61. The number of rotatable bonds is 7. The largest absolute Gasteiger partial charge is 0.496 e. The van der Waals surface area contributed by atoms with Gasteiger partial charge in [-0.2, -0.15) is 0 Å². The van der Waals surface area contributed by atoms with Gasteiger partial charge in [0.15, 0.2) is 0 Å². The van der Waals surface area contributed by atoms with Crippen molar-refractivity contribution in [1.29, 1.82) is 0 Å². The Bertz CT molecular complexity index is 970. The molecule has 2 N–H and O–H groups in total. The van der Waals surface area contributed by atoms with Gasteiger partial charge in [-0.25, -0.2) is 0 Å². The van der Waals surface area contributed by atoms with Crippen LogP contribution in [0.3, 0.4) is 0 Å². The summed E-state index contributed by atoms with van der Waals surface area (Å²) in [5.74, 6) is 0.702. The summed E-state index contributed by atoms with van der Waals surface area (Å²) in [6, 6.07) is 15.6. The molecule has 0 unspecified atom stereocenters. The lowest BCUT2D eigenvalue weighted by atomic mass is 10.1. The number of ether oxygens (including phenoxy) is 1. The highest BCUT2D eigenvalue weighted by molar-refractivity contribution is 6.04. The molecule has 0 atom stereocenters. The molecule has 0 fully saturated rings. The molecule has 5 nitrogen and oxygen atoms in total. The molecule has 0 radical (unpaired) electrons. The second-order valence-electron chi connectivity index (χ2n) is 6.70. The molecule has 0 aliphatic carbocycles. The maximum atomic E-state index is 12.5. The lowest BCUT2D eigenvalue weighted by molar-refractivity contribution is 0.102. The number of amides is 1. The van der Waals surface area contributed by atoms with Crippen molar-refractivity contribution >= 4 is 17.3 Å². The van der Waals surface area contributed by atoms with Gasteiger partial charge in [-0.1, -0.05) is 24.3 Å². The summed E-state index contributed by atoms with van der Waals surface area (Å²) in [5, 5.41) is 6.25. The van der Waals surface area contributed by atoms with Crippen LogP contribution in [0.4, 0.5) is 11.4 Å². The Labute approximate surface area is 165 Å². The van der Waals surface area contributed by atoms with Gasteiger partial charge in [0.2, 0.25) is 0 Å². The molecule has 144 valence electrons. The van der Waals surface area contributed by atoms with Crippen molar-refractivity contribution in [1.82, 2.24) is 4.98 Å². The van der Waals surface area contributed by atoms with Gasteiger partial charge in [0, 0.05) is 24.6 Å². The Morgan fingerprint density at radius 2 is 1.82 bits per heavy atom. The molecule has 0 bridgehead atoms. The first-order valence-corrected chi connectivity index (χ1v) is 9.26. The predicted molar refractivity (Wildman–Crippen MR) is 113 cm³/mol. The topological polar surface area (TPSA) is 63.2 Å². The summed E-state index contributed by atoms with van der Waals surface area (Å²) < 4.78 is 5.38. The van der Waals surface area contributed by atoms with E-state index in [1.165, 1.54) is 5.56 Å². The minimum atomic E-state index is -0.177. The molecule has 28 heavy (non-hydrogen) atoms. The van der Waals surface area contributed by atoms with E-state index in [4.69, 9.17) is 4.74 Å². The van der Waals surface area contributed by atoms with Crippen molar-refractivity contribution in [3.05, 3.63) is 83.2 Å². The van der Waals surface area contributed by atoms with Crippen molar-refractivity contribution in [2.75, 3.05) is 24.3 Å². The number of aryl methyl sites for hydroxylation is 2. The number of nitrogens with one attached hydrogen (secondary N) is 2. The van der Waals surface area contributed by atoms with E-state index in [9.17, 15) is 4.79 Å². The first-order valence-electron chi connectivity index (χ1n) is 9.26. The number of hydrogen-bond donors (Lipinski definition) is 2. The fourth-order valence-electron chi connectivity index (χ4n) is 2.93. The Hall–Kier alpha value is -3.34. The summed E-state index contributed by atoms with van der Waals surface area (Å²) in [6.45, 7) is 4.79. The van der Waals surface area contributed by atoms with Gasteiger partial charge in [-0.15, -0.1) is 0 Å². The zero-order valence-electron chi connectivity index (χ0n) is 16.5. The molecule has 0 spiro atoms. The lowest BCUT2D eigenvalue weighted by Crippen LogP contribution is -2.13. The first kappa shape index (κ1) is 19.4. The lowest BCUT2D eigenvalue weighted by Gasteiger charge is -2.11. The molecular formula is C23H25N3O2. The van der Waals surface area contributed by atoms with Crippen LogP contribution in [0.5, 0.6) is 5.75 Å². The van der Waals surface area contributed by atoms with E-state index in [-0.39, 0.29) is 5.91 Å². The SMILES string of the molecule is COc1ccccc1CCNc1cncc(C(=O)Nc2ccc(C)c(C)c2)c1.